The second-order valence-corrected chi connectivity index (χ2v) is 13.7. The zero-order valence-electron chi connectivity index (χ0n) is 31.0. The minimum atomic E-state index is -0.897. The molecule has 7 rings (SSSR count). The molecule has 286 valence electrons. The molecule has 0 N–H and O–H groups in total. The third-order valence-electron chi connectivity index (χ3n) is 9.68. The summed E-state index contributed by atoms with van der Waals surface area (Å²) in [5.41, 5.74) is 5.11. The predicted octanol–water partition coefficient (Wildman–Crippen LogP) is 9.63. The van der Waals surface area contributed by atoms with Gasteiger partial charge in [-0.05, 0) is 33.9 Å². The molecule has 1 saturated heterocycles. The van der Waals surface area contributed by atoms with E-state index in [0.29, 0.717) is 18.5 Å². The highest BCUT2D eigenvalue weighted by atomic mass is 19.1. The first kappa shape index (κ1) is 38.8. The van der Waals surface area contributed by atoms with Crippen molar-refractivity contribution in [2.24, 2.45) is 0 Å². The van der Waals surface area contributed by atoms with E-state index in [1.54, 1.807) is 0 Å². The molecule has 0 radical (unpaired) electrons. The highest BCUT2D eigenvalue weighted by molar-refractivity contribution is 5.76. The fraction of sp³-hybridized carbons (Fsp3) is 0.229. The molecule has 6 aromatic carbocycles. The van der Waals surface area contributed by atoms with E-state index in [2.05, 4.69) is 0 Å². The second kappa shape index (κ2) is 19.9. The summed E-state index contributed by atoms with van der Waals surface area (Å²) in [5, 5.41) is 0. The Morgan fingerprint density at radius 2 is 0.946 bits per heavy atom. The summed E-state index contributed by atoms with van der Waals surface area (Å²) in [6.07, 6.45) is -3.29. The smallest absolute Gasteiger partial charge is 0.153 e. The Bertz CT molecular complexity index is 2070. The van der Waals surface area contributed by atoms with Gasteiger partial charge in [-0.25, -0.2) is 4.39 Å². The summed E-state index contributed by atoms with van der Waals surface area (Å²) in [6, 6.07) is 51.9. The molecule has 7 nitrogen and oxygen atoms in total. The van der Waals surface area contributed by atoms with Gasteiger partial charge in [0, 0.05) is 11.6 Å². The van der Waals surface area contributed by atoms with Crippen LogP contribution in [-0.4, -0.2) is 37.3 Å². The highest BCUT2D eigenvalue weighted by Gasteiger charge is 2.50. The van der Waals surface area contributed by atoms with Gasteiger partial charge >= 0.3 is 0 Å². The number of aldehydes is 1. The molecular weight excluding hydrogens is 708 g/mol. The maximum atomic E-state index is 15.5. The van der Waals surface area contributed by atoms with E-state index in [1.807, 2.05) is 152 Å². The van der Waals surface area contributed by atoms with Crippen molar-refractivity contribution in [3.8, 4) is 5.75 Å². The summed E-state index contributed by atoms with van der Waals surface area (Å²) in [6.45, 7) is 1.41. The number of benzene rings is 6. The molecule has 0 bridgehead atoms. The van der Waals surface area contributed by atoms with Gasteiger partial charge in [0.2, 0.25) is 0 Å². The molecule has 0 aromatic heterocycles. The van der Waals surface area contributed by atoms with Crippen LogP contribution in [0.15, 0.2) is 164 Å². The lowest BCUT2D eigenvalue weighted by Gasteiger charge is -2.46. The van der Waals surface area contributed by atoms with Gasteiger partial charge in [0.1, 0.15) is 48.7 Å². The average Bonchev–Trinajstić information content (AvgIpc) is 3.25. The van der Waals surface area contributed by atoms with Gasteiger partial charge in [0.05, 0.1) is 38.6 Å². The monoisotopic (exact) mass is 752 g/mol. The van der Waals surface area contributed by atoms with Crippen molar-refractivity contribution in [1.82, 2.24) is 0 Å². The van der Waals surface area contributed by atoms with E-state index < -0.39 is 36.3 Å². The molecule has 56 heavy (non-hydrogen) atoms. The van der Waals surface area contributed by atoms with Crippen molar-refractivity contribution in [2.45, 2.75) is 63.6 Å². The Kier molecular flexibility index (Phi) is 13.8. The molecule has 1 unspecified atom stereocenters. The quantitative estimate of drug-likeness (QED) is 0.0810. The first-order valence-electron chi connectivity index (χ1n) is 18.8. The predicted molar refractivity (Wildman–Crippen MR) is 211 cm³/mol. The third kappa shape index (κ3) is 10.4. The maximum absolute atomic E-state index is 15.5. The van der Waals surface area contributed by atoms with Crippen molar-refractivity contribution >= 4 is 6.29 Å². The topological polar surface area (TPSA) is 72.5 Å². The van der Waals surface area contributed by atoms with Crippen LogP contribution in [0.1, 0.15) is 49.8 Å². The van der Waals surface area contributed by atoms with Crippen LogP contribution >= 0.6 is 0 Å². The summed E-state index contributed by atoms with van der Waals surface area (Å²) < 4.78 is 55.8. The molecule has 0 aliphatic carbocycles. The van der Waals surface area contributed by atoms with Gasteiger partial charge < -0.3 is 28.4 Å². The summed E-state index contributed by atoms with van der Waals surface area (Å²) in [5.74, 6) is -0.474. The van der Waals surface area contributed by atoms with Gasteiger partial charge in [-0.3, -0.25) is 4.79 Å². The number of hydrogen-bond acceptors (Lipinski definition) is 7. The van der Waals surface area contributed by atoms with E-state index in [4.69, 9.17) is 28.4 Å². The third-order valence-corrected chi connectivity index (χ3v) is 9.68. The van der Waals surface area contributed by atoms with E-state index in [9.17, 15) is 4.79 Å². The molecule has 6 aromatic rings. The molecule has 0 saturated carbocycles. The van der Waals surface area contributed by atoms with E-state index in [0.717, 1.165) is 27.8 Å². The molecule has 1 fully saturated rings. The van der Waals surface area contributed by atoms with Crippen molar-refractivity contribution in [1.29, 1.82) is 0 Å². The van der Waals surface area contributed by atoms with Gasteiger partial charge in [-0.15, -0.1) is 0 Å². The average molecular weight is 753 g/mol. The Morgan fingerprint density at radius 3 is 1.43 bits per heavy atom. The number of carbonyl (C=O) groups is 1. The first-order chi connectivity index (χ1) is 27.6. The Hall–Kier alpha value is -5.48. The largest absolute Gasteiger partial charge is 0.488 e. The normalized spacial score (nSPS) is 19.3. The fourth-order valence-corrected chi connectivity index (χ4v) is 6.80. The molecule has 1 aliphatic heterocycles. The number of carbonyl (C=O) groups excluding carboxylic acids is 1. The summed E-state index contributed by atoms with van der Waals surface area (Å²) in [7, 11) is 0. The Labute approximate surface area is 327 Å². The van der Waals surface area contributed by atoms with E-state index in [-0.39, 0.29) is 44.3 Å². The van der Waals surface area contributed by atoms with Crippen LogP contribution in [0, 0.1) is 5.82 Å². The van der Waals surface area contributed by atoms with Crippen LogP contribution in [0.2, 0.25) is 0 Å². The van der Waals surface area contributed by atoms with Crippen LogP contribution in [0.4, 0.5) is 4.39 Å². The van der Waals surface area contributed by atoms with Crippen LogP contribution in [0.5, 0.6) is 5.75 Å². The van der Waals surface area contributed by atoms with E-state index >= 15 is 4.39 Å². The lowest BCUT2D eigenvalue weighted by molar-refractivity contribution is -0.275. The second-order valence-electron chi connectivity index (χ2n) is 13.7. The lowest BCUT2D eigenvalue weighted by Crippen LogP contribution is -2.58. The number of halogens is 1. The van der Waals surface area contributed by atoms with Crippen LogP contribution in [0.3, 0.4) is 0 Å². The maximum Gasteiger partial charge on any atom is 0.153 e. The van der Waals surface area contributed by atoms with Gasteiger partial charge in [0.15, 0.2) is 6.29 Å². The Balaban J connectivity index is 1.30. The van der Waals surface area contributed by atoms with Crippen molar-refractivity contribution in [3.05, 3.63) is 209 Å². The van der Waals surface area contributed by atoms with E-state index in [1.165, 1.54) is 12.1 Å². The molecule has 0 spiro atoms. The summed E-state index contributed by atoms with van der Waals surface area (Å²) in [4.78, 5) is 12.3. The molecule has 1 heterocycles. The Morgan fingerprint density at radius 1 is 0.518 bits per heavy atom. The SMILES string of the molecule is O=Cc1cc(C2O[C@H](COCc3ccccc3)[C@@H](OCc3ccccc3)[C@H](OCc3ccccc3)[C@H]2OCc2ccccc2)c(OCc2ccccc2)cc1F. The lowest BCUT2D eigenvalue weighted by atomic mass is 9.89. The van der Waals surface area contributed by atoms with Crippen molar-refractivity contribution in [2.75, 3.05) is 6.61 Å². The zero-order chi connectivity index (χ0) is 38.4. The van der Waals surface area contributed by atoms with Gasteiger partial charge in [0.25, 0.3) is 0 Å². The van der Waals surface area contributed by atoms with Crippen molar-refractivity contribution < 1.29 is 37.6 Å². The number of rotatable bonds is 18. The molecular formula is C48H45FO7. The van der Waals surface area contributed by atoms with Crippen molar-refractivity contribution in [3.63, 3.8) is 0 Å². The van der Waals surface area contributed by atoms with Crippen LogP contribution in [-0.2, 0) is 56.7 Å². The minimum Gasteiger partial charge on any atom is -0.488 e. The highest BCUT2D eigenvalue weighted by Crippen LogP contribution is 2.42. The minimum absolute atomic E-state index is 0.126. The number of ether oxygens (including phenoxy) is 6. The van der Waals surface area contributed by atoms with Gasteiger partial charge in [-0.1, -0.05) is 152 Å². The molecule has 5 atom stereocenters. The van der Waals surface area contributed by atoms with Gasteiger partial charge in [-0.2, -0.15) is 0 Å². The molecule has 1 aliphatic rings. The number of hydrogen-bond donors (Lipinski definition) is 0. The molecule has 8 heteroatoms. The zero-order valence-corrected chi connectivity index (χ0v) is 31.0. The summed E-state index contributed by atoms with van der Waals surface area (Å²) >= 11 is 0. The standard InChI is InChI=1S/C48H45FO7/c49-42-27-43(52-30-36-18-8-2-9-19-36)41(26-40(42)28-50)45-47(54-32-38-22-12-4-13-23-38)48(55-33-39-24-14-5-15-25-39)46(53-31-37-20-10-3-11-21-37)44(56-45)34-51-29-35-16-6-1-7-17-35/h1-28,44-48H,29-34H2/t44-,45?,46-,47+,48+/m1/s1. The van der Waals surface area contributed by atoms with Crippen LogP contribution in [0.25, 0.3) is 0 Å². The van der Waals surface area contributed by atoms with Crippen LogP contribution < -0.4 is 4.74 Å². The first-order valence-corrected chi connectivity index (χ1v) is 18.8. The fourth-order valence-electron chi connectivity index (χ4n) is 6.80. The molecule has 0 amide bonds.